The van der Waals surface area contributed by atoms with E-state index in [1.807, 2.05) is 0 Å². The van der Waals surface area contributed by atoms with Gasteiger partial charge in [0, 0.05) is 24.7 Å². The van der Waals surface area contributed by atoms with Gasteiger partial charge in [-0.15, -0.1) is 0 Å². The van der Waals surface area contributed by atoms with Gasteiger partial charge in [-0.05, 0) is 38.3 Å². The van der Waals surface area contributed by atoms with E-state index in [4.69, 9.17) is 11.6 Å². The second-order valence-electron chi connectivity index (χ2n) is 5.57. The summed E-state index contributed by atoms with van der Waals surface area (Å²) in [6.07, 6.45) is 1.83. The molecule has 1 aliphatic rings. The minimum atomic E-state index is -0.763. The van der Waals surface area contributed by atoms with E-state index in [-0.39, 0.29) is 22.2 Å². The van der Waals surface area contributed by atoms with Crippen molar-refractivity contribution in [2.75, 3.05) is 13.1 Å². The zero-order valence-electron chi connectivity index (χ0n) is 11.7. The molecule has 1 amide bonds. The van der Waals surface area contributed by atoms with Gasteiger partial charge in [-0.3, -0.25) is 14.9 Å². The maximum Gasteiger partial charge on any atom is 0.288 e. The summed E-state index contributed by atoms with van der Waals surface area (Å²) in [5.74, 6) is -0.271. The van der Waals surface area contributed by atoms with Crippen molar-refractivity contribution in [1.29, 1.82) is 0 Å². The highest BCUT2D eigenvalue weighted by Gasteiger charge is 2.28. The van der Waals surface area contributed by atoms with Gasteiger partial charge in [0.15, 0.2) is 0 Å². The zero-order chi connectivity index (χ0) is 15.6. The average Bonchev–Trinajstić information content (AvgIpc) is 2.59. The minimum Gasteiger partial charge on any atom is -0.390 e. The average molecular weight is 313 g/mol. The van der Waals surface area contributed by atoms with Gasteiger partial charge in [-0.2, -0.15) is 0 Å². The SMILES string of the molecule is CC1(O)CCCN(C(=O)c2ccc(Cl)c([N+](=O)[O-])c2)CC1. The van der Waals surface area contributed by atoms with Crippen molar-refractivity contribution in [3.8, 4) is 0 Å². The summed E-state index contributed by atoms with van der Waals surface area (Å²) < 4.78 is 0. The molecule has 1 saturated heterocycles. The lowest BCUT2D eigenvalue weighted by atomic mass is 9.98. The smallest absolute Gasteiger partial charge is 0.288 e. The standard InChI is InChI=1S/C14H17ClN2O4/c1-14(19)5-2-7-16(8-6-14)13(18)10-3-4-11(15)12(9-10)17(20)21/h3-4,9,19H,2,5-8H2,1H3. The summed E-state index contributed by atoms with van der Waals surface area (Å²) in [7, 11) is 0. The Labute approximate surface area is 127 Å². The lowest BCUT2D eigenvalue weighted by Gasteiger charge is -2.22. The monoisotopic (exact) mass is 312 g/mol. The van der Waals surface area contributed by atoms with Gasteiger partial charge >= 0.3 is 0 Å². The molecule has 1 aromatic rings. The predicted molar refractivity (Wildman–Crippen MR) is 78.5 cm³/mol. The highest BCUT2D eigenvalue weighted by atomic mass is 35.5. The molecule has 1 aromatic carbocycles. The zero-order valence-corrected chi connectivity index (χ0v) is 12.5. The van der Waals surface area contributed by atoms with E-state index in [2.05, 4.69) is 0 Å². The van der Waals surface area contributed by atoms with Crippen molar-refractivity contribution in [2.45, 2.75) is 31.8 Å². The number of carbonyl (C=O) groups is 1. The van der Waals surface area contributed by atoms with Crippen molar-refractivity contribution in [2.24, 2.45) is 0 Å². The molecule has 21 heavy (non-hydrogen) atoms. The second kappa shape index (κ2) is 5.99. The number of carbonyl (C=O) groups excluding carboxylic acids is 1. The van der Waals surface area contributed by atoms with Crippen LogP contribution in [0.15, 0.2) is 18.2 Å². The number of rotatable bonds is 2. The van der Waals surface area contributed by atoms with Crippen LogP contribution in [0.4, 0.5) is 5.69 Å². The van der Waals surface area contributed by atoms with E-state index in [0.29, 0.717) is 32.4 Å². The van der Waals surface area contributed by atoms with Crippen LogP contribution in [0, 0.1) is 10.1 Å². The number of aliphatic hydroxyl groups is 1. The molecule has 0 spiro atoms. The van der Waals surface area contributed by atoms with Crippen molar-refractivity contribution in [3.05, 3.63) is 38.9 Å². The Balaban J connectivity index is 2.20. The van der Waals surface area contributed by atoms with Gasteiger partial charge in [0.05, 0.1) is 10.5 Å². The van der Waals surface area contributed by atoms with Gasteiger partial charge in [0.1, 0.15) is 5.02 Å². The molecule has 7 heteroatoms. The van der Waals surface area contributed by atoms with Crippen molar-refractivity contribution >= 4 is 23.2 Å². The number of hydrogen-bond acceptors (Lipinski definition) is 4. The molecule has 0 bridgehead atoms. The fraction of sp³-hybridized carbons (Fsp3) is 0.500. The van der Waals surface area contributed by atoms with E-state index >= 15 is 0 Å². The van der Waals surface area contributed by atoms with Crippen LogP contribution < -0.4 is 0 Å². The normalized spacial score (nSPS) is 22.7. The van der Waals surface area contributed by atoms with E-state index in [1.165, 1.54) is 18.2 Å². The lowest BCUT2D eigenvalue weighted by Crippen LogP contribution is -2.33. The number of nitro benzene ring substituents is 1. The number of nitrogens with zero attached hydrogens (tertiary/aromatic N) is 2. The Morgan fingerprint density at radius 3 is 2.81 bits per heavy atom. The number of hydrogen-bond donors (Lipinski definition) is 1. The molecule has 0 radical (unpaired) electrons. The van der Waals surface area contributed by atoms with Crippen molar-refractivity contribution in [1.82, 2.24) is 4.90 Å². The summed E-state index contributed by atoms with van der Waals surface area (Å²) in [4.78, 5) is 24.3. The Kier molecular flexibility index (Phi) is 4.49. The Morgan fingerprint density at radius 2 is 2.14 bits per heavy atom. The highest BCUT2D eigenvalue weighted by Crippen LogP contribution is 2.27. The van der Waals surface area contributed by atoms with E-state index < -0.39 is 10.5 Å². The summed E-state index contributed by atoms with van der Waals surface area (Å²) in [5, 5.41) is 20.9. The third-order valence-electron chi connectivity index (χ3n) is 3.74. The van der Waals surface area contributed by atoms with E-state index in [9.17, 15) is 20.0 Å². The quantitative estimate of drug-likeness (QED) is 0.672. The summed E-state index contributed by atoms with van der Waals surface area (Å²) >= 11 is 5.75. The molecule has 2 rings (SSSR count). The summed E-state index contributed by atoms with van der Waals surface area (Å²) in [6.45, 7) is 2.72. The molecule has 1 fully saturated rings. The van der Waals surface area contributed by atoms with Gasteiger partial charge in [-0.25, -0.2) is 0 Å². The first kappa shape index (κ1) is 15.7. The fourth-order valence-electron chi connectivity index (χ4n) is 2.43. The molecule has 0 aromatic heterocycles. The number of halogens is 1. The second-order valence-corrected chi connectivity index (χ2v) is 5.97. The Hall–Kier alpha value is -1.66. The number of nitro groups is 1. The first-order chi connectivity index (χ1) is 9.80. The number of benzene rings is 1. The van der Waals surface area contributed by atoms with Crippen LogP contribution in [0.2, 0.25) is 5.02 Å². The molecular weight excluding hydrogens is 296 g/mol. The number of likely N-dealkylation sites (tertiary alicyclic amines) is 1. The fourth-order valence-corrected chi connectivity index (χ4v) is 2.62. The summed E-state index contributed by atoms with van der Waals surface area (Å²) in [6, 6.07) is 4.05. The van der Waals surface area contributed by atoms with Crippen LogP contribution in [-0.2, 0) is 0 Å². The van der Waals surface area contributed by atoms with Crippen LogP contribution in [0.25, 0.3) is 0 Å². The third-order valence-corrected chi connectivity index (χ3v) is 4.06. The molecule has 6 nitrogen and oxygen atoms in total. The van der Waals surface area contributed by atoms with Gasteiger partial charge in [0.25, 0.3) is 11.6 Å². The molecule has 1 N–H and O–H groups in total. The molecule has 0 saturated carbocycles. The maximum absolute atomic E-state index is 12.4. The van der Waals surface area contributed by atoms with Crippen molar-refractivity contribution in [3.63, 3.8) is 0 Å². The maximum atomic E-state index is 12.4. The molecule has 114 valence electrons. The van der Waals surface area contributed by atoms with E-state index in [1.54, 1.807) is 11.8 Å². The van der Waals surface area contributed by atoms with Crippen LogP contribution in [0.5, 0.6) is 0 Å². The van der Waals surface area contributed by atoms with Gasteiger partial charge in [-0.1, -0.05) is 11.6 Å². The lowest BCUT2D eigenvalue weighted by molar-refractivity contribution is -0.384. The largest absolute Gasteiger partial charge is 0.390 e. The van der Waals surface area contributed by atoms with Gasteiger partial charge in [0.2, 0.25) is 0 Å². The van der Waals surface area contributed by atoms with Crippen molar-refractivity contribution < 1.29 is 14.8 Å². The first-order valence-corrected chi connectivity index (χ1v) is 7.13. The number of amides is 1. The van der Waals surface area contributed by atoms with E-state index in [0.717, 1.165) is 0 Å². The Bertz CT molecular complexity index is 574. The topological polar surface area (TPSA) is 83.7 Å². The predicted octanol–water partition coefficient (Wildman–Crippen LogP) is 2.63. The highest BCUT2D eigenvalue weighted by molar-refractivity contribution is 6.32. The van der Waals surface area contributed by atoms with Crippen LogP contribution in [0.3, 0.4) is 0 Å². The molecule has 1 atom stereocenters. The molecule has 1 aliphatic heterocycles. The van der Waals surface area contributed by atoms with Gasteiger partial charge < -0.3 is 10.0 Å². The summed E-state index contributed by atoms with van der Waals surface area (Å²) in [5.41, 5.74) is -0.793. The molecule has 1 unspecified atom stereocenters. The van der Waals surface area contributed by atoms with Crippen LogP contribution in [0.1, 0.15) is 36.5 Å². The third kappa shape index (κ3) is 3.71. The minimum absolute atomic E-state index is 0.00958. The molecule has 1 heterocycles. The molecular formula is C14H17ClN2O4. The Morgan fingerprint density at radius 1 is 1.43 bits per heavy atom. The van der Waals surface area contributed by atoms with Crippen LogP contribution in [-0.4, -0.2) is 39.5 Å². The first-order valence-electron chi connectivity index (χ1n) is 6.76. The van der Waals surface area contributed by atoms with Crippen LogP contribution >= 0.6 is 11.6 Å². The molecule has 0 aliphatic carbocycles.